The van der Waals surface area contributed by atoms with E-state index in [1.165, 1.54) is 0 Å². The number of ether oxygens (including phenoxy) is 3. The second kappa shape index (κ2) is 18.8. The molecule has 0 saturated carbocycles. The number of nitrogens with zero attached hydrogens (tertiary/aromatic N) is 2. The van der Waals surface area contributed by atoms with Crippen LogP contribution in [0, 0.1) is 6.92 Å². The van der Waals surface area contributed by atoms with Crippen molar-refractivity contribution in [2.24, 2.45) is 0 Å². The summed E-state index contributed by atoms with van der Waals surface area (Å²) in [7, 11) is -4.35. The summed E-state index contributed by atoms with van der Waals surface area (Å²) in [6.07, 6.45) is -0.566. The molecule has 0 aliphatic carbocycles. The van der Waals surface area contributed by atoms with Gasteiger partial charge >= 0.3 is 5.97 Å². The molecule has 0 bridgehead atoms. The van der Waals surface area contributed by atoms with Gasteiger partial charge < -0.3 is 30.0 Å². The number of aliphatic carboxylic acids is 1. The van der Waals surface area contributed by atoms with Crippen LogP contribution in [0.5, 0.6) is 17.2 Å². The summed E-state index contributed by atoms with van der Waals surface area (Å²) in [6, 6.07) is 28.3. The summed E-state index contributed by atoms with van der Waals surface area (Å²) in [4.78, 5) is 31.4. The lowest BCUT2D eigenvalue weighted by atomic mass is 9.94. The van der Waals surface area contributed by atoms with E-state index >= 15 is 0 Å². The summed E-state index contributed by atoms with van der Waals surface area (Å²) >= 11 is 19.2. The van der Waals surface area contributed by atoms with Crippen molar-refractivity contribution in [2.45, 2.75) is 62.2 Å². The Morgan fingerprint density at radius 3 is 2.27 bits per heavy atom. The largest absolute Gasteiger partial charge is 0.489 e. The number of carboxylic acids is 1. The number of anilines is 1. The van der Waals surface area contributed by atoms with E-state index in [0.717, 1.165) is 37.9 Å². The smallest absolute Gasteiger partial charge is 0.326 e. The van der Waals surface area contributed by atoms with Crippen molar-refractivity contribution in [3.8, 4) is 28.4 Å². The van der Waals surface area contributed by atoms with Gasteiger partial charge in [0, 0.05) is 24.5 Å². The number of hydrogen-bond acceptors (Lipinski definition) is 10. The minimum Gasteiger partial charge on any atom is -0.489 e. The topological polar surface area (TPSA) is 156 Å². The van der Waals surface area contributed by atoms with Crippen LogP contribution in [0.15, 0.2) is 107 Å². The first-order valence-corrected chi connectivity index (χ1v) is 23.4. The molecule has 0 saturated heterocycles. The molecule has 0 fully saturated rings. The third kappa shape index (κ3) is 9.91. The highest BCUT2D eigenvalue weighted by Crippen LogP contribution is 2.42. The van der Waals surface area contributed by atoms with E-state index in [9.17, 15) is 23.1 Å². The molecule has 3 unspecified atom stereocenters. The monoisotopic (exact) mass is 946 g/mol. The van der Waals surface area contributed by atoms with Gasteiger partial charge in [-0.2, -0.15) is 4.31 Å². The number of sulfonamides is 1. The molecule has 5 aromatic carbocycles. The Bertz CT molecular complexity index is 2770. The lowest BCUT2D eigenvalue weighted by molar-refractivity contribution is -0.142. The summed E-state index contributed by atoms with van der Waals surface area (Å²) in [5.74, 6) is -0.502. The Morgan fingerprint density at radius 1 is 0.905 bits per heavy atom. The maximum Gasteiger partial charge on any atom is 0.326 e. The van der Waals surface area contributed by atoms with Gasteiger partial charge in [-0.1, -0.05) is 101 Å². The second-order valence-corrected chi connectivity index (χ2v) is 19.4. The third-order valence-corrected chi connectivity index (χ3v) is 15.3. The van der Waals surface area contributed by atoms with Crippen LogP contribution >= 0.6 is 46.1 Å². The van der Waals surface area contributed by atoms with E-state index < -0.39 is 40.1 Å². The number of carbonyl (C=O) groups excluding carboxylic acids is 1. The summed E-state index contributed by atoms with van der Waals surface area (Å²) < 4.78 is 49.0. The zero-order valence-electron chi connectivity index (χ0n) is 33.9. The van der Waals surface area contributed by atoms with Crippen LogP contribution in [-0.2, 0) is 45.6 Å². The van der Waals surface area contributed by atoms with E-state index in [1.807, 2.05) is 61.5 Å². The molecule has 0 radical (unpaired) electrons. The van der Waals surface area contributed by atoms with Crippen LogP contribution in [0.4, 0.5) is 5.13 Å². The fraction of sp³-hybridized carbons (Fsp3) is 0.239. The van der Waals surface area contributed by atoms with Crippen LogP contribution in [0.25, 0.3) is 11.1 Å². The number of carbonyl (C=O) groups is 2. The average molecular weight is 948 g/mol. The van der Waals surface area contributed by atoms with Crippen molar-refractivity contribution in [2.75, 3.05) is 18.5 Å². The molecule has 63 heavy (non-hydrogen) atoms. The van der Waals surface area contributed by atoms with Gasteiger partial charge in [-0.15, -0.1) is 0 Å². The van der Waals surface area contributed by atoms with E-state index in [1.54, 1.807) is 55.5 Å². The van der Waals surface area contributed by atoms with Crippen LogP contribution in [0.1, 0.15) is 46.5 Å². The Labute approximate surface area is 383 Å². The third-order valence-electron chi connectivity index (χ3n) is 10.8. The Balaban J connectivity index is 1.02. The molecule has 8 rings (SSSR count). The molecule has 6 aromatic rings. The highest BCUT2D eigenvalue weighted by Gasteiger charge is 2.43. The number of amides is 1. The number of aromatic nitrogens is 1. The fourth-order valence-electron chi connectivity index (χ4n) is 7.48. The van der Waals surface area contributed by atoms with Crippen molar-refractivity contribution in [1.82, 2.24) is 14.6 Å². The maximum absolute atomic E-state index is 14.6. The summed E-state index contributed by atoms with van der Waals surface area (Å²) in [5.41, 5.74) is 5.79. The van der Waals surface area contributed by atoms with Crippen molar-refractivity contribution < 1.29 is 37.3 Å². The van der Waals surface area contributed by atoms with E-state index in [2.05, 4.69) is 15.6 Å². The SMILES string of the molecule is CCNc1nc(C)c(S(=O)(=O)N2Cc3cc4c(cc3CC2C(=O)NC(Cc2ccc(-c3ccc(Cl)cc3)cc2)C(=O)O)OCC(c2ccc(OCc3ccc(Cl)c(Cl)c3)cc2)O4)s1. The predicted octanol–water partition coefficient (Wildman–Crippen LogP) is 9.53. The highest BCUT2D eigenvalue weighted by molar-refractivity contribution is 7.91. The molecule has 3 atom stereocenters. The van der Waals surface area contributed by atoms with Crippen molar-refractivity contribution in [3.63, 3.8) is 0 Å². The Kier molecular flexibility index (Phi) is 13.2. The first-order chi connectivity index (χ1) is 30.2. The van der Waals surface area contributed by atoms with E-state index in [0.29, 0.717) is 67.3 Å². The van der Waals surface area contributed by atoms with Crippen LogP contribution in [-0.4, -0.2) is 59.9 Å². The molecule has 17 heteroatoms. The summed E-state index contributed by atoms with van der Waals surface area (Å²) in [5, 5.41) is 18.0. The van der Waals surface area contributed by atoms with Gasteiger partial charge in [-0.05, 0) is 108 Å². The van der Waals surface area contributed by atoms with E-state index in [-0.39, 0.29) is 35.9 Å². The number of benzene rings is 5. The fourth-order valence-corrected chi connectivity index (χ4v) is 11.1. The highest BCUT2D eigenvalue weighted by atomic mass is 35.5. The number of fused-ring (bicyclic) bond motifs is 2. The van der Waals surface area contributed by atoms with Gasteiger partial charge in [0.2, 0.25) is 5.91 Å². The molecule has 2 aliphatic rings. The van der Waals surface area contributed by atoms with Gasteiger partial charge in [0.15, 0.2) is 26.9 Å². The molecule has 0 spiro atoms. The van der Waals surface area contributed by atoms with E-state index in [4.69, 9.17) is 49.0 Å². The maximum atomic E-state index is 14.6. The molecule has 1 amide bonds. The zero-order chi connectivity index (χ0) is 44.4. The molecule has 3 heterocycles. The molecular formula is C46H41Cl3N4O8S2. The second-order valence-electron chi connectivity index (χ2n) is 15.1. The quantitative estimate of drug-likeness (QED) is 0.0962. The van der Waals surface area contributed by atoms with Gasteiger partial charge in [-0.3, -0.25) is 4.79 Å². The van der Waals surface area contributed by atoms with Gasteiger partial charge in [0.05, 0.1) is 15.7 Å². The number of hydrogen-bond donors (Lipinski definition) is 3. The lowest BCUT2D eigenvalue weighted by Gasteiger charge is -2.36. The lowest BCUT2D eigenvalue weighted by Crippen LogP contribution is -2.55. The molecule has 1 aromatic heterocycles. The molecule has 326 valence electrons. The number of rotatable bonds is 14. The first-order valence-electron chi connectivity index (χ1n) is 20.0. The number of thiazole rings is 1. The van der Waals surface area contributed by atoms with Crippen molar-refractivity contribution in [1.29, 1.82) is 0 Å². The van der Waals surface area contributed by atoms with Gasteiger partial charge in [-0.25, -0.2) is 18.2 Å². The average Bonchev–Trinajstić information content (AvgIpc) is 3.66. The number of nitrogens with one attached hydrogen (secondary N) is 2. The van der Waals surface area contributed by atoms with Crippen LogP contribution < -0.4 is 24.8 Å². The predicted molar refractivity (Wildman–Crippen MR) is 244 cm³/mol. The standard InChI is InChI=1S/C46H41Cl3N4O8S2/c1-3-50-46-51-26(2)45(62-46)63(57,58)53-23-33-22-41-40(60-25-42(61-41)31-11-15-35(16-12-31)59-24-28-6-17-36(48)37(49)18-28)21-32(33)20-39(53)43(54)52-38(44(55)56)19-27-4-7-29(8-5-27)30-9-13-34(47)14-10-30/h4-18,21-22,38-39,42H,3,19-20,23-25H2,1-2H3,(H,50,51)(H,52,54)(H,55,56). The number of halogens is 3. The van der Waals surface area contributed by atoms with Gasteiger partial charge in [0.25, 0.3) is 10.0 Å². The van der Waals surface area contributed by atoms with Crippen LogP contribution in [0.2, 0.25) is 15.1 Å². The van der Waals surface area contributed by atoms with Crippen molar-refractivity contribution in [3.05, 3.63) is 152 Å². The molecule has 12 nitrogen and oxygen atoms in total. The normalized spacial score (nSPS) is 16.5. The van der Waals surface area contributed by atoms with Crippen LogP contribution in [0.3, 0.4) is 0 Å². The first kappa shape index (κ1) is 44.3. The number of aryl methyl sites for hydroxylation is 1. The minimum absolute atomic E-state index is 0.0164. The summed E-state index contributed by atoms with van der Waals surface area (Å²) in [6.45, 7) is 4.31. The Hall–Kier alpha value is -5.35. The zero-order valence-corrected chi connectivity index (χ0v) is 37.8. The Morgan fingerprint density at radius 2 is 1.59 bits per heavy atom. The minimum atomic E-state index is -4.35. The molecular weight excluding hydrogens is 907 g/mol. The molecule has 3 N–H and O–H groups in total. The number of carboxylic acid groups (broad SMARTS) is 1. The van der Waals surface area contributed by atoms with Gasteiger partial charge in [0.1, 0.15) is 31.0 Å². The van der Waals surface area contributed by atoms with Crippen molar-refractivity contribution >= 4 is 73.2 Å². The molecule has 2 aliphatic heterocycles.